The second-order valence-electron chi connectivity index (χ2n) is 11.8. The number of nitrogens with one attached hydrogen (secondary N) is 1. The van der Waals surface area contributed by atoms with Gasteiger partial charge in [0.2, 0.25) is 5.91 Å². The van der Waals surface area contributed by atoms with E-state index < -0.39 is 0 Å². The van der Waals surface area contributed by atoms with Crippen LogP contribution in [0.2, 0.25) is 10.0 Å². The quantitative estimate of drug-likeness (QED) is 0.267. The van der Waals surface area contributed by atoms with Gasteiger partial charge in [-0.2, -0.15) is 0 Å². The third kappa shape index (κ3) is 6.16. The topological polar surface area (TPSA) is 55.4 Å². The number of esters is 1. The van der Waals surface area contributed by atoms with Gasteiger partial charge in [-0.3, -0.25) is 9.59 Å². The van der Waals surface area contributed by atoms with Gasteiger partial charge in [0.1, 0.15) is 5.75 Å². The van der Waals surface area contributed by atoms with Crippen molar-refractivity contribution in [1.82, 2.24) is 5.32 Å². The molecule has 7 heteroatoms. The number of halogens is 2. The van der Waals surface area contributed by atoms with Crippen LogP contribution in [-0.4, -0.2) is 49.1 Å². The lowest BCUT2D eigenvalue weighted by atomic mass is 9.57. The molecule has 2 aromatic carbocycles. The number of carbonyl (C=O) groups excluding carboxylic acids is 2. The van der Waals surface area contributed by atoms with Gasteiger partial charge in [0.25, 0.3) is 0 Å². The van der Waals surface area contributed by atoms with Gasteiger partial charge in [0.15, 0.2) is 0 Å². The molecule has 198 valence electrons. The molecule has 3 fully saturated rings. The molecular weight excluding hydrogens is 507 g/mol. The Balaban J connectivity index is 1.36. The summed E-state index contributed by atoms with van der Waals surface area (Å²) in [5, 5.41) is 4.29. The predicted octanol–water partition coefficient (Wildman–Crippen LogP) is 5.94. The minimum absolute atomic E-state index is 0.0100. The zero-order valence-corrected chi connectivity index (χ0v) is 23.3. The fourth-order valence-electron chi connectivity index (χ4n) is 6.91. The average molecular weight is 545 g/mol. The van der Waals surface area contributed by atoms with Crippen molar-refractivity contribution in [2.24, 2.45) is 11.8 Å². The first-order valence-electron chi connectivity index (χ1n) is 13.5. The van der Waals surface area contributed by atoms with Crippen LogP contribution in [0.5, 0.6) is 5.75 Å². The fourth-order valence-corrected chi connectivity index (χ4v) is 7.23. The van der Waals surface area contributed by atoms with E-state index in [2.05, 4.69) is 24.5 Å². The summed E-state index contributed by atoms with van der Waals surface area (Å²) in [6.45, 7) is 5.02. The van der Waals surface area contributed by atoms with Crippen molar-refractivity contribution >= 4 is 35.1 Å². The fraction of sp³-hybridized carbons (Fsp3) is 0.533. The number of benzene rings is 2. The van der Waals surface area contributed by atoms with Crippen LogP contribution < -0.4 is 10.1 Å². The Morgan fingerprint density at radius 3 is 2.62 bits per heavy atom. The molecule has 2 saturated carbocycles. The second-order valence-corrected chi connectivity index (χ2v) is 12.7. The molecule has 5 rings (SSSR count). The summed E-state index contributed by atoms with van der Waals surface area (Å²) in [7, 11) is 2.43. The number of quaternary nitrogens is 1. The van der Waals surface area contributed by atoms with E-state index in [4.69, 9.17) is 27.9 Å². The second kappa shape index (κ2) is 10.6. The molecule has 0 aromatic heterocycles. The van der Waals surface area contributed by atoms with Gasteiger partial charge in [0, 0.05) is 36.6 Å². The van der Waals surface area contributed by atoms with Crippen LogP contribution in [0.3, 0.4) is 0 Å². The first-order chi connectivity index (χ1) is 17.6. The first kappa shape index (κ1) is 26.5. The van der Waals surface area contributed by atoms with Crippen molar-refractivity contribution in [3.05, 3.63) is 63.6 Å². The zero-order valence-electron chi connectivity index (χ0n) is 21.8. The lowest BCUT2D eigenvalue weighted by molar-refractivity contribution is -0.921. The molecule has 1 saturated heterocycles. The zero-order chi connectivity index (χ0) is 26.2. The van der Waals surface area contributed by atoms with Gasteiger partial charge >= 0.3 is 5.97 Å². The number of carbonyl (C=O) groups is 2. The van der Waals surface area contributed by atoms with Gasteiger partial charge in [-0.1, -0.05) is 41.4 Å². The Kier molecular flexibility index (Phi) is 7.59. The van der Waals surface area contributed by atoms with Crippen molar-refractivity contribution in [3.63, 3.8) is 0 Å². The number of hydrogen-bond acceptors (Lipinski definition) is 3. The van der Waals surface area contributed by atoms with Crippen molar-refractivity contribution in [1.29, 1.82) is 0 Å². The van der Waals surface area contributed by atoms with Crippen LogP contribution >= 0.6 is 23.2 Å². The van der Waals surface area contributed by atoms with Gasteiger partial charge in [-0.25, -0.2) is 0 Å². The lowest BCUT2D eigenvalue weighted by Gasteiger charge is -2.55. The van der Waals surface area contributed by atoms with Gasteiger partial charge in [0.05, 0.1) is 43.1 Å². The molecule has 0 bridgehead atoms. The van der Waals surface area contributed by atoms with E-state index in [-0.39, 0.29) is 29.8 Å². The standard InChI is InChI=1S/C30H36Cl2N2O3/c1-20(35)37-26-5-3-4-23(16-26)30-12-13-34(2,18-21-6-7-21)19-24(30)9-10-25(17-30)33-29(36)15-22-8-11-27(31)28(32)14-22/h3-5,8,11,14,16,21,24-25H,6-7,9-10,12-13,15,17-19H2,1-2H3/p+1/t24?,25-,30+,34-/m1/s1. The summed E-state index contributed by atoms with van der Waals surface area (Å²) < 4.78 is 6.61. The molecule has 1 amide bonds. The number of fused-ring (bicyclic) bond motifs is 1. The smallest absolute Gasteiger partial charge is 0.308 e. The Morgan fingerprint density at radius 2 is 1.89 bits per heavy atom. The van der Waals surface area contributed by atoms with E-state index in [9.17, 15) is 9.59 Å². The van der Waals surface area contributed by atoms with E-state index in [1.807, 2.05) is 18.2 Å². The number of nitrogens with zero attached hydrogens (tertiary/aromatic N) is 1. The molecule has 4 atom stereocenters. The summed E-state index contributed by atoms with van der Waals surface area (Å²) in [4.78, 5) is 24.7. The van der Waals surface area contributed by atoms with Crippen molar-refractivity contribution < 1.29 is 18.8 Å². The molecule has 2 aliphatic carbocycles. The molecular formula is C30H37Cl2N2O3+. The number of rotatable bonds is 7. The van der Waals surface area contributed by atoms with E-state index in [1.165, 1.54) is 31.9 Å². The summed E-state index contributed by atoms with van der Waals surface area (Å²) in [5.74, 6) is 1.72. The van der Waals surface area contributed by atoms with Crippen LogP contribution in [0, 0.1) is 11.8 Å². The number of amides is 1. The molecule has 2 aromatic rings. The molecule has 5 nitrogen and oxygen atoms in total. The maximum absolute atomic E-state index is 13.0. The number of hydrogen-bond donors (Lipinski definition) is 1. The summed E-state index contributed by atoms with van der Waals surface area (Å²) >= 11 is 12.2. The van der Waals surface area contributed by atoms with Crippen LogP contribution in [0.25, 0.3) is 0 Å². The van der Waals surface area contributed by atoms with Crippen molar-refractivity contribution in [3.8, 4) is 5.75 Å². The summed E-state index contributed by atoms with van der Waals surface area (Å²) in [6.07, 6.45) is 7.06. The molecule has 1 N–H and O–H groups in total. The van der Waals surface area contributed by atoms with E-state index in [1.54, 1.807) is 12.1 Å². The van der Waals surface area contributed by atoms with E-state index >= 15 is 0 Å². The lowest BCUT2D eigenvalue weighted by Crippen LogP contribution is -2.62. The normalized spacial score (nSPS) is 29.3. The highest BCUT2D eigenvalue weighted by Gasteiger charge is 2.53. The van der Waals surface area contributed by atoms with Crippen LogP contribution in [-0.2, 0) is 21.4 Å². The molecule has 0 radical (unpaired) electrons. The molecule has 0 spiro atoms. The highest BCUT2D eigenvalue weighted by atomic mass is 35.5. The van der Waals surface area contributed by atoms with E-state index in [0.29, 0.717) is 21.7 Å². The monoisotopic (exact) mass is 543 g/mol. The van der Waals surface area contributed by atoms with Crippen molar-refractivity contribution in [2.45, 2.75) is 63.3 Å². The van der Waals surface area contributed by atoms with Crippen molar-refractivity contribution in [2.75, 3.05) is 26.7 Å². The van der Waals surface area contributed by atoms with Gasteiger partial charge < -0.3 is 14.5 Å². The Morgan fingerprint density at radius 1 is 1.08 bits per heavy atom. The van der Waals surface area contributed by atoms with Crippen LogP contribution in [0.15, 0.2) is 42.5 Å². The average Bonchev–Trinajstić information content (AvgIpc) is 3.65. The minimum Gasteiger partial charge on any atom is -0.427 e. The maximum atomic E-state index is 13.0. The van der Waals surface area contributed by atoms with Crippen LogP contribution in [0.1, 0.15) is 56.6 Å². The number of likely N-dealkylation sites (tertiary alicyclic amines) is 1. The van der Waals surface area contributed by atoms with Gasteiger partial charge in [-0.05, 0) is 67.5 Å². The number of ether oxygens (including phenoxy) is 1. The predicted molar refractivity (Wildman–Crippen MR) is 147 cm³/mol. The molecule has 3 aliphatic rings. The third-order valence-electron chi connectivity index (χ3n) is 8.79. The maximum Gasteiger partial charge on any atom is 0.308 e. The van der Waals surface area contributed by atoms with E-state index in [0.717, 1.165) is 54.7 Å². The Bertz CT molecular complexity index is 1180. The SMILES string of the molecule is CC(=O)Oc1cccc([C@@]23CC[N@+](C)(CC4CC4)CC2CC[C@@H](NC(=O)Cc2ccc(Cl)c(Cl)c2)C3)c1. The summed E-state index contributed by atoms with van der Waals surface area (Å²) in [6, 6.07) is 13.6. The van der Waals surface area contributed by atoms with Crippen LogP contribution in [0.4, 0.5) is 0 Å². The highest BCUT2D eigenvalue weighted by Crippen LogP contribution is 2.51. The Labute approximate surface area is 230 Å². The molecule has 1 unspecified atom stereocenters. The number of piperidine rings is 1. The molecule has 1 aliphatic heterocycles. The first-order valence-corrected chi connectivity index (χ1v) is 14.3. The largest absolute Gasteiger partial charge is 0.427 e. The third-order valence-corrected chi connectivity index (χ3v) is 9.53. The Hall–Kier alpha value is -2.08. The summed E-state index contributed by atoms with van der Waals surface area (Å²) in [5.41, 5.74) is 2.05. The van der Waals surface area contributed by atoms with Gasteiger partial charge in [-0.15, -0.1) is 0 Å². The minimum atomic E-state index is -0.306. The molecule has 1 heterocycles. The molecule has 37 heavy (non-hydrogen) atoms. The highest BCUT2D eigenvalue weighted by molar-refractivity contribution is 6.42.